The smallest absolute Gasteiger partial charge is 0.334 e. The van der Waals surface area contributed by atoms with E-state index in [1.807, 2.05) is 45.9 Å². The fourth-order valence-corrected chi connectivity index (χ4v) is 3.52. The molecule has 30 heavy (non-hydrogen) atoms. The molecule has 1 aromatic heterocycles. The van der Waals surface area contributed by atoms with Crippen molar-refractivity contribution in [3.05, 3.63) is 36.4 Å². The first-order valence-electron chi connectivity index (χ1n) is 10.4. The standard InChI is InChI=1S/C22H30N4O4/c1-6-20(27)30-25-21(22(3,4)5)18(26-14-23-13-24-26)12-17-11-15-10-16(28-7-2)8-9-19(15)29-17/h8-10,13-14,17-18H,6-7,11-12H2,1-5H3. The summed E-state index contributed by atoms with van der Waals surface area (Å²) in [4.78, 5) is 21.0. The van der Waals surface area contributed by atoms with Gasteiger partial charge in [0.25, 0.3) is 0 Å². The zero-order valence-electron chi connectivity index (χ0n) is 18.3. The maximum atomic E-state index is 11.7. The van der Waals surface area contributed by atoms with Crippen LogP contribution in [0.4, 0.5) is 0 Å². The topological polar surface area (TPSA) is 87.8 Å². The van der Waals surface area contributed by atoms with Crippen molar-refractivity contribution in [3.8, 4) is 11.5 Å². The average Bonchev–Trinajstić information content (AvgIpc) is 3.35. The second-order valence-electron chi connectivity index (χ2n) is 8.32. The molecule has 0 aliphatic carbocycles. The minimum Gasteiger partial charge on any atom is -0.494 e. The highest BCUT2D eigenvalue weighted by Gasteiger charge is 2.35. The van der Waals surface area contributed by atoms with Gasteiger partial charge in [0.15, 0.2) is 0 Å². The number of nitrogens with zero attached hydrogens (tertiary/aromatic N) is 4. The van der Waals surface area contributed by atoms with Crippen LogP contribution in [0.1, 0.15) is 59.1 Å². The fourth-order valence-electron chi connectivity index (χ4n) is 3.52. The van der Waals surface area contributed by atoms with Gasteiger partial charge in [-0.2, -0.15) is 5.10 Å². The highest BCUT2D eigenvalue weighted by atomic mass is 16.7. The molecule has 1 aliphatic rings. The molecular weight excluding hydrogens is 384 g/mol. The van der Waals surface area contributed by atoms with Crippen LogP contribution < -0.4 is 9.47 Å². The molecule has 0 saturated heterocycles. The number of fused-ring (bicyclic) bond motifs is 1. The fraction of sp³-hybridized carbons (Fsp3) is 0.545. The number of benzene rings is 1. The van der Waals surface area contributed by atoms with E-state index < -0.39 is 0 Å². The Morgan fingerprint density at radius 2 is 2.17 bits per heavy atom. The number of oxime groups is 1. The van der Waals surface area contributed by atoms with Crippen molar-refractivity contribution < 1.29 is 19.1 Å². The predicted molar refractivity (Wildman–Crippen MR) is 113 cm³/mol. The van der Waals surface area contributed by atoms with Crippen molar-refractivity contribution in [3.63, 3.8) is 0 Å². The van der Waals surface area contributed by atoms with Crippen molar-refractivity contribution >= 4 is 11.7 Å². The highest BCUT2D eigenvalue weighted by Crippen LogP contribution is 2.36. The van der Waals surface area contributed by atoms with Gasteiger partial charge in [0.2, 0.25) is 0 Å². The lowest BCUT2D eigenvalue weighted by Crippen LogP contribution is -2.35. The lowest BCUT2D eigenvalue weighted by Gasteiger charge is -2.29. The molecule has 0 bridgehead atoms. The van der Waals surface area contributed by atoms with Crippen LogP contribution in [0.25, 0.3) is 0 Å². The quantitative estimate of drug-likeness (QED) is 0.369. The molecule has 0 radical (unpaired) electrons. The summed E-state index contributed by atoms with van der Waals surface area (Å²) in [5.41, 5.74) is 1.48. The van der Waals surface area contributed by atoms with Crippen LogP contribution in [-0.2, 0) is 16.1 Å². The number of aromatic nitrogens is 3. The van der Waals surface area contributed by atoms with Crippen LogP contribution in [0.3, 0.4) is 0 Å². The molecule has 162 valence electrons. The van der Waals surface area contributed by atoms with Gasteiger partial charge in [-0.25, -0.2) is 14.5 Å². The van der Waals surface area contributed by atoms with Gasteiger partial charge in [0, 0.05) is 30.2 Å². The maximum absolute atomic E-state index is 11.7. The van der Waals surface area contributed by atoms with Crippen LogP contribution in [0.5, 0.6) is 11.5 Å². The Balaban J connectivity index is 1.85. The second kappa shape index (κ2) is 9.28. The van der Waals surface area contributed by atoms with Crippen molar-refractivity contribution in [2.24, 2.45) is 10.6 Å². The molecule has 0 amide bonds. The van der Waals surface area contributed by atoms with Crippen molar-refractivity contribution in [2.45, 2.75) is 66.0 Å². The molecule has 1 aliphatic heterocycles. The summed E-state index contributed by atoms with van der Waals surface area (Å²) in [6, 6.07) is 5.65. The molecule has 1 aromatic carbocycles. The third-order valence-corrected chi connectivity index (χ3v) is 4.94. The Bertz CT molecular complexity index is 887. The van der Waals surface area contributed by atoms with Gasteiger partial charge in [-0.15, -0.1) is 0 Å². The van der Waals surface area contributed by atoms with Gasteiger partial charge >= 0.3 is 5.97 Å². The molecule has 3 rings (SSSR count). The largest absolute Gasteiger partial charge is 0.494 e. The normalized spacial score (nSPS) is 17.2. The SMILES string of the molecule is CCOc1ccc2c(c1)CC(CC(C(=NOC(=O)CC)C(C)(C)C)n1cncn1)O2. The van der Waals surface area contributed by atoms with E-state index in [2.05, 4.69) is 15.2 Å². The molecule has 8 nitrogen and oxygen atoms in total. The molecule has 2 atom stereocenters. The molecule has 2 heterocycles. The van der Waals surface area contributed by atoms with E-state index in [9.17, 15) is 4.79 Å². The molecular formula is C22H30N4O4. The van der Waals surface area contributed by atoms with E-state index in [0.717, 1.165) is 23.5 Å². The summed E-state index contributed by atoms with van der Waals surface area (Å²) in [6.07, 6.45) is 4.71. The predicted octanol–water partition coefficient (Wildman–Crippen LogP) is 3.97. The van der Waals surface area contributed by atoms with Gasteiger partial charge < -0.3 is 14.3 Å². The van der Waals surface area contributed by atoms with E-state index in [-0.39, 0.29) is 30.0 Å². The third kappa shape index (κ3) is 5.17. The van der Waals surface area contributed by atoms with Gasteiger partial charge in [-0.3, -0.25) is 0 Å². The Hall–Kier alpha value is -2.90. The lowest BCUT2D eigenvalue weighted by molar-refractivity contribution is -0.143. The molecule has 0 spiro atoms. The average molecular weight is 415 g/mol. The van der Waals surface area contributed by atoms with Crippen LogP contribution in [0, 0.1) is 5.41 Å². The van der Waals surface area contributed by atoms with Crippen LogP contribution in [-0.4, -0.2) is 39.2 Å². The van der Waals surface area contributed by atoms with Crippen molar-refractivity contribution in [2.75, 3.05) is 6.61 Å². The monoisotopic (exact) mass is 414 g/mol. The minimum absolute atomic E-state index is 0.0690. The molecule has 0 N–H and O–H groups in total. The number of carbonyl (C=O) groups excluding carboxylic acids is 1. The third-order valence-electron chi connectivity index (χ3n) is 4.94. The molecule has 8 heteroatoms. The van der Waals surface area contributed by atoms with Gasteiger partial charge in [0.05, 0.1) is 18.4 Å². The Morgan fingerprint density at radius 1 is 1.37 bits per heavy atom. The van der Waals surface area contributed by atoms with E-state index in [1.54, 1.807) is 17.9 Å². The Kier molecular flexibility index (Phi) is 6.74. The van der Waals surface area contributed by atoms with E-state index >= 15 is 0 Å². The number of hydrogen-bond donors (Lipinski definition) is 0. The van der Waals surface area contributed by atoms with E-state index in [0.29, 0.717) is 18.7 Å². The number of ether oxygens (including phenoxy) is 2. The number of rotatable bonds is 8. The summed E-state index contributed by atoms with van der Waals surface area (Å²) in [6.45, 7) is 10.4. The maximum Gasteiger partial charge on any atom is 0.334 e. The first-order chi connectivity index (χ1) is 14.3. The highest BCUT2D eigenvalue weighted by molar-refractivity contribution is 5.92. The first-order valence-corrected chi connectivity index (χ1v) is 10.4. The second-order valence-corrected chi connectivity index (χ2v) is 8.32. The Morgan fingerprint density at radius 3 is 2.80 bits per heavy atom. The van der Waals surface area contributed by atoms with Crippen molar-refractivity contribution in [1.29, 1.82) is 0 Å². The van der Waals surface area contributed by atoms with Gasteiger partial charge in [-0.1, -0.05) is 32.9 Å². The minimum atomic E-state index is -0.373. The zero-order valence-corrected chi connectivity index (χ0v) is 18.3. The number of hydrogen-bond acceptors (Lipinski definition) is 7. The summed E-state index contributed by atoms with van der Waals surface area (Å²) in [5.74, 6) is 1.34. The zero-order chi connectivity index (χ0) is 21.7. The lowest BCUT2D eigenvalue weighted by atomic mass is 9.83. The summed E-state index contributed by atoms with van der Waals surface area (Å²) in [5, 5.41) is 8.59. The molecule has 0 fully saturated rings. The van der Waals surface area contributed by atoms with Crippen LogP contribution in [0.2, 0.25) is 0 Å². The van der Waals surface area contributed by atoms with Gasteiger partial charge in [0.1, 0.15) is 30.3 Å². The van der Waals surface area contributed by atoms with Crippen molar-refractivity contribution in [1.82, 2.24) is 14.8 Å². The van der Waals surface area contributed by atoms with E-state index in [1.165, 1.54) is 6.33 Å². The molecule has 0 saturated carbocycles. The summed E-state index contributed by atoms with van der Waals surface area (Å²) < 4.78 is 13.6. The van der Waals surface area contributed by atoms with E-state index in [4.69, 9.17) is 14.3 Å². The molecule has 2 unspecified atom stereocenters. The summed E-state index contributed by atoms with van der Waals surface area (Å²) >= 11 is 0. The number of carbonyl (C=O) groups is 1. The van der Waals surface area contributed by atoms with Crippen LogP contribution >= 0.6 is 0 Å². The van der Waals surface area contributed by atoms with Gasteiger partial charge in [-0.05, 0) is 25.1 Å². The first kappa shape index (κ1) is 21.8. The van der Waals surface area contributed by atoms with Crippen LogP contribution in [0.15, 0.2) is 36.0 Å². The summed E-state index contributed by atoms with van der Waals surface area (Å²) in [7, 11) is 0. The molecule has 2 aromatic rings. The Labute approximate surface area is 177 Å².